The summed E-state index contributed by atoms with van der Waals surface area (Å²) < 4.78 is 24.4. The van der Waals surface area contributed by atoms with Gasteiger partial charge in [-0.05, 0) is 43.2 Å². The van der Waals surface area contributed by atoms with Crippen molar-refractivity contribution in [3.8, 4) is 11.5 Å². The molecule has 0 aromatic heterocycles. The fraction of sp³-hybridized carbons (Fsp3) is 0.350. The van der Waals surface area contributed by atoms with E-state index in [1.807, 2.05) is 32.0 Å². The quantitative estimate of drug-likeness (QED) is 0.352. The van der Waals surface area contributed by atoms with Gasteiger partial charge in [0.15, 0.2) is 17.5 Å². The van der Waals surface area contributed by atoms with E-state index in [-0.39, 0.29) is 35.5 Å². The van der Waals surface area contributed by atoms with Crippen molar-refractivity contribution in [1.82, 2.24) is 10.6 Å². The van der Waals surface area contributed by atoms with Crippen LogP contribution in [-0.4, -0.2) is 26.7 Å². The average Bonchev–Trinajstić information content (AvgIpc) is 2.63. The summed E-state index contributed by atoms with van der Waals surface area (Å²) in [5, 5.41) is 6.43. The first kappa shape index (κ1) is 23.0. The van der Waals surface area contributed by atoms with Gasteiger partial charge in [0.1, 0.15) is 5.75 Å². The molecule has 0 saturated carbocycles. The molecule has 148 valence electrons. The lowest BCUT2D eigenvalue weighted by molar-refractivity contribution is 0.336. The maximum Gasteiger partial charge on any atom is 0.191 e. The maximum atomic E-state index is 13.8. The fourth-order valence-corrected chi connectivity index (χ4v) is 2.50. The summed E-state index contributed by atoms with van der Waals surface area (Å²) in [5.74, 6) is 1.35. The molecule has 0 bridgehead atoms. The molecule has 0 atom stereocenters. The van der Waals surface area contributed by atoms with Crippen LogP contribution in [0.4, 0.5) is 4.39 Å². The first-order valence-corrected chi connectivity index (χ1v) is 8.56. The number of halogens is 2. The van der Waals surface area contributed by atoms with Gasteiger partial charge in [-0.3, -0.25) is 4.99 Å². The number of aryl methyl sites for hydroxylation is 1. The molecule has 0 aliphatic heterocycles. The van der Waals surface area contributed by atoms with E-state index < -0.39 is 0 Å². The minimum absolute atomic E-state index is 0. The number of nitrogens with zero attached hydrogens (tertiary/aromatic N) is 1. The van der Waals surface area contributed by atoms with Crippen LogP contribution >= 0.6 is 24.0 Å². The molecule has 5 nitrogen and oxygen atoms in total. The van der Waals surface area contributed by atoms with Gasteiger partial charge < -0.3 is 20.1 Å². The van der Waals surface area contributed by atoms with E-state index in [9.17, 15) is 4.39 Å². The first-order chi connectivity index (χ1) is 12.6. The van der Waals surface area contributed by atoms with Crippen molar-refractivity contribution < 1.29 is 13.9 Å². The molecule has 2 rings (SSSR count). The predicted molar refractivity (Wildman–Crippen MR) is 118 cm³/mol. The van der Waals surface area contributed by atoms with Gasteiger partial charge in [-0.1, -0.05) is 18.2 Å². The Kier molecular flexibility index (Phi) is 9.92. The summed E-state index contributed by atoms with van der Waals surface area (Å²) in [7, 11) is 3.15. The summed E-state index contributed by atoms with van der Waals surface area (Å²) in [6.45, 7) is 5.65. The number of ether oxygens (including phenoxy) is 2. The normalized spacial score (nSPS) is 10.8. The highest BCUT2D eigenvalue weighted by molar-refractivity contribution is 14.0. The zero-order chi connectivity index (χ0) is 18.9. The van der Waals surface area contributed by atoms with Crippen LogP contribution in [0, 0.1) is 12.7 Å². The Balaban J connectivity index is 0.00000364. The molecule has 0 unspecified atom stereocenters. The van der Waals surface area contributed by atoms with Gasteiger partial charge in [0.25, 0.3) is 0 Å². The third kappa shape index (κ3) is 6.89. The maximum absolute atomic E-state index is 13.8. The Labute approximate surface area is 177 Å². The zero-order valence-corrected chi connectivity index (χ0v) is 18.5. The molecule has 0 spiro atoms. The number of rotatable bonds is 7. The van der Waals surface area contributed by atoms with Crippen LogP contribution in [0.3, 0.4) is 0 Å². The third-order valence-corrected chi connectivity index (χ3v) is 3.87. The van der Waals surface area contributed by atoms with Crippen LogP contribution in [0.15, 0.2) is 41.4 Å². The van der Waals surface area contributed by atoms with Crippen LogP contribution in [0.1, 0.15) is 23.6 Å². The van der Waals surface area contributed by atoms with Gasteiger partial charge in [0.05, 0.1) is 13.7 Å². The number of hydrogen-bond acceptors (Lipinski definition) is 3. The van der Waals surface area contributed by atoms with Crippen molar-refractivity contribution in [2.24, 2.45) is 4.99 Å². The highest BCUT2D eigenvalue weighted by Crippen LogP contribution is 2.20. The zero-order valence-electron chi connectivity index (χ0n) is 16.1. The number of hydrogen-bond donors (Lipinski definition) is 2. The Morgan fingerprint density at radius 2 is 1.81 bits per heavy atom. The van der Waals surface area contributed by atoms with Gasteiger partial charge in [-0.15, -0.1) is 24.0 Å². The smallest absolute Gasteiger partial charge is 0.191 e. The molecule has 0 aliphatic rings. The number of nitrogens with one attached hydrogen (secondary N) is 2. The monoisotopic (exact) mass is 487 g/mol. The number of aliphatic imine (C=N–C) groups is 1. The second-order valence-corrected chi connectivity index (χ2v) is 5.79. The van der Waals surface area contributed by atoms with E-state index in [2.05, 4.69) is 21.7 Å². The molecule has 0 heterocycles. The van der Waals surface area contributed by atoms with Crippen molar-refractivity contribution in [2.75, 3.05) is 20.8 Å². The predicted octanol–water partition coefficient (Wildman–Crippen LogP) is 4.02. The van der Waals surface area contributed by atoms with Gasteiger partial charge >= 0.3 is 0 Å². The van der Waals surface area contributed by atoms with E-state index in [4.69, 9.17) is 9.47 Å². The molecule has 2 aromatic carbocycles. The van der Waals surface area contributed by atoms with Crippen LogP contribution < -0.4 is 20.1 Å². The fourth-order valence-electron chi connectivity index (χ4n) is 2.50. The van der Waals surface area contributed by atoms with Gasteiger partial charge in [0.2, 0.25) is 0 Å². The second kappa shape index (κ2) is 11.6. The number of guanidine groups is 1. The lowest BCUT2D eigenvalue weighted by Crippen LogP contribution is -2.36. The Bertz CT molecular complexity index is 769. The lowest BCUT2D eigenvalue weighted by Gasteiger charge is -2.15. The van der Waals surface area contributed by atoms with Crippen LogP contribution in [0.2, 0.25) is 0 Å². The SMILES string of the molecule is CCOc1cc(C)ccc1CNC(=NC)NCc1ccc(OC)c(F)c1.I. The summed E-state index contributed by atoms with van der Waals surface area (Å²) in [6, 6.07) is 11.0. The Morgan fingerprint density at radius 1 is 1.07 bits per heavy atom. The highest BCUT2D eigenvalue weighted by Gasteiger charge is 2.07. The summed E-state index contributed by atoms with van der Waals surface area (Å²) in [6.07, 6.45) is 0. The molecule has 0 fully saturated rings. The van der Waals surface area contributed by atoms with Crippen molar-refractivity contribution in [3.05, 3.63) is 58.9 Å². The van der Waals surface area contributed by atoms with Crippen LogP contribution in [0.5, 0.6) is 11.5 Å². The lowest BCUT2D eigenvalue weighted by atomic mass is 10.1. The van der Waals surface area contributed by atoms with Gasteiger partial charge in [-0.25, -0.2) is 4.39 Å². The van der Waals surface area contributed by atoms with Gasteiger partial charge in [0, 0.05) is 25.7 Å². The van der Waals surface area contributed by atoms with Gasteiger partial charge in [-0.2, -0.15) is 0 Å². The summed E-state index contributed by atoms with van der Waals surface area (Å²) in [5.41, 5.74) is 3.01. The minimum Gasteiger partial charge on any atom is -0.494 e. The topological polar surface area (TPSA) is 54.9 Å². The second-order valence-electron chi connectivity index (χ2n) is 5.79. The van der Waals surface area contributed by atoms with Crippen molar-refractivity contribution >= 4 is 29.9 Å². The first-order valence-electron chi connectivity index (χ1n) is 8.56. The number of methoxy groups -OCH3 is 1. The summed E-state index contributed by atoms with van der Waals surface area (Å²) >= 11 is 0. The minimum atomic E-state index is -0.379. The average molecular weight is 487 g/mol. The van der Waals surface area contributed by atoms with Crippen LogP contribution in [-0.2, 0) is 13.1 Å². The van der Waals surface area contributed by atoms with E-state index in [1.165, 1.54) is 13.2 Å². The van der Waals surface area contributed by atoms with Crippen molar-refractivity contribution in [3.63, 3.8) is 0 Å². The Hall–Kier alpha value is -2.03. The molecule has 0 aliphatic carbocycles. The molecule has 0 saturated heterocycles. The standard InChI is InChI=1S/C20H26FN3O2.HI/c1-5-26-19-10-14(2)6-8-16(19)13-24-20(22-3)23-12-15-7-9-18(25-4)17(21)11-15;/h6-11H,5,12-13H2,1-4H3,(H2,22,23,24);1H. The van der Waals surface area contributed by atoms with E-state index in [0.717, 1.165) is 22.4 Å². The molecule has 0 radical (unpaired) electrons. The molecular formula is C20H27FIN3O2. The third-order valence-electron chi connectivity index (χ3n) is 3.87. The molecule has 2 N–H and O–H groups in total. The van der Waals surface area contributed by atoms with E-state index in [1.54, 1.807) is 13.1 Å². The molecular weight excluding hydrogens is 460 g/mol. The van der Waals surface area contributed by atoms with E-state index in [0.29, 0.717) is 25.7 Å². The summed E-state index contributed by atoms with van der Waals surface area (Å²) in [4.78, 5) is 4.20. The van der Waals surface area contributed by atoms with Crippen LogP contribution in [0.25, 0.3) is 0 Å². The molecule has 2 aromatic rings. The van der Waals surface area contributed by atoms with Crippen molar-refractivity contribution in [1.29, 1.82) is 0 Å². The molecule has 7 heteroatoms. The highest BCUT2D eigenvalue weighted by atomic mass is 127. The van der Waals surface area contributed by atoms with E-state index >= 15 is 0 Å². The largest absolute Gasteiger partial charge is 0.494 e. The Morgan fingerprint density at radius 3 is 2.44 bits per heavy atom. The molecule has 0 amide bonds. The molecule has 27 heavy (non-hydrogen) atoms. The number of benzene rings is 2. The van der Waals surface area contributed by atoms with Crippen molar-refractivity contribution in [2.45, 2.75) is 26.9 Å².